The summed E-state index contributed by atoms with van der Waals surface area (Å²) in [5, 5.41) is 0. The summed E-state index contributed by atoms with van der Waals surface area (Å²) in [4.78, 5) is 19.6. The van der Waals surface area contributed by atoms with E-state index >= 15 is 0 Å². The molecule has 1 aliphatic heterocycles. The van der Waals surface area contributed by atoms with Gasteiger partial charge in [-0.3, -0.25) is 9.78 Å². The SMILES string of the molecule is Cc1ccc(Cc2ccc([C@H]3CCCN3C(=O)CCCc3ccc(F)c(C)c3)nc2)cc1. The molecular weight excluding hydrogens is 399 g/mol. The number of carbonyl (C=O) groups is 1. The molecule has 1 aromatic heterocycles. The van der Waals surface area contributed by atoms with Crippen molar-refractivity contribution >= 4 is 5.91 Å². The predicted molar refractivity (Wildman–Crippen MR) is 126 cm³/mol. The van der Waals surface area contributed by atoms with Gasteiger partial charge >= 0.3 is 0 Å². The number of benzene rings is 2. The summed E-state index contributed by atoms with van der Waals surface area (Å²) in [6.07, 6.45) is 6.87. The zero-order valence-corrected chi connectivity index (χ0v) is 19.0. The summed E-state index contributed by atoms with van der Waals surface area (Å²) in [7, 11) is 0. The summed E-state index contributed by atoms with van der Waals surface area (Å²) in [5.74, 6) is 0.0129. The van der Waals surface area contributed by atoms with Crippen LogP contribution in [0.2, 0.25) is 0 Å². The lowest BCUT2D eigenvalue weighted by Crippen LogP contribution is -2.30. The van der Waals surface area contributed by atoms with Crippen LogP contribution in [0.1, 0.15) is 65.2 Å². The molecular formula is C28H31FN2O. The highest BCUT2D eigenvalue weighted by Gasteiger charge is 2.30. The van der Waals surface area contributed by atoms with Gasteiger partial charge in [-0.1, -0.05) is 48.0 Å². The van der Waals surface area contributed by atoms with Gasteiger partial charge in [-0.25, -0.2) is 4.39 Å². The van der Waals surface area contributed by atoms with Crippen molar-refractivity contribution in [3.63, 3.8) is 0 Å². The lowest BCUT2D eigenvalue weighted by Gasteiger charge is -2.24. The second kappa shape index (κ2) is 10.1. The number of aryl methyl sites for hydroxylation is 3. The number of rotatable bonds is 7. The normalized spacial score (nSPS) is 15.8. The Bertz CT molecular complexity index is 1060. The van der Waals surface area contributed by atoms with Crippen molar-refractivity contribution in [1.82, 2.24) is 9.88 Å². The van der Waals surface area contributed by atoms with Crippen LogP contribution in [0.15, 0.2) is 60.8 Å². The van der Waals surface area contributed by atoms with E-state index in [4.69, 9.17) is 4.98 Å². The number of amides is 1. The Hall–Kier alpha value is -3.01. The third kappa shape index (κ3) is 5.42. The largest absolute Gasteiger partial charge is 0.334 e. The van der Waals surface area contributed by atoms with Gasteiger partial charge in [0, 0.05) is 19.2 Å². The van der Waals surface area contributed by atoms with Crippen LogP contribution in [0.3, 0.4) is 0 Å². The van der Waals surface area contributed by atoms with Gasteiger partial charge in [0.25, 0.3) is 0 Å². The Kier molecular flexibility index (Phi) is 6.99. The van der Waals surface area contributed by atoms with Gasteiger partial charge < -0.3 is 4.90 Å². The van der Waals surface area contributed by atoms with Crippen LogP contribution in [-0.2, 0) is 17.6 Å². The van der Waals surface area contributed by atoms with E-state index < -0.39 is 0 Å². The van der Waals surface area contributed by atoms with Gasteiger partial charge in [0.15, 0.2) is 0 Å². The summed E-state index contributed by atoms with van der Waals surface area (Å²) in [5.41, 5.74) is 6.45. The van der Waals surface area contributed by atoms with Crippen molar-refractivity contribution in [3.05, 3.63) is 100 Å². The molecule has 0 saturated carbocycles. The minimum Gasteiger partial charge on any atom is -0.334 e. The highest BCUT2D eigenvalue weighted by Crippen LogP contribution is 2.31. The molecule has 2 aromatic carbocycles. The molecule has 1 atom stereocenters. The minimum atomic E-state index is -0.179. The van der Waals surface area contributed by atoms with Crippen molar-refractivity contribution in [2.24, 2.45) is 0 Å². The van der Waals surface area contributed by atoms with Crippen LogP contribution in [0.5, 0.6) is 0 Å². The van der Waals surface area contributed by atoms with Gasteiger partial charge in [-0.05, 0) is 80.3 Å². The quantitative estimate of drug-likeness (QED) is 0.453. The van der Waals surface area contributed by atoms with E-state index in [1.807, 2.05) is 23.2 Å². The number of carbonyl (C=O) groups excluding carboxylic acids is 1. The van der Waals surface area contributed by atoms with Gasteiger partial charge in [0.2, 0.25) is 5.91 Å². The highest BCUT2D eigenvalue weighted by molar-refractivity contribution is 5.77. The smallest absolute Gasteiger partial charge is 0.223 e. The van der Waals surface area contributed by atoms with E-state index in [2.05, 4.69) is 43.3 Å². The molecule has 0 radical (unpaired) electrons. The lowest BCUT2D eigenvalue weighted by atomic mass is 10.0. The van der Waals surface area contributed by atoms with E-state index in [9.17, 15) is 9.18 Å². The van der Waals surface area contributed by atoms with Crippen LogP contribution >= 0.6 is 0 Å². The van der Waals surface area contributed by atoms with Crippen molar-refractivity contribution in [2.45, 2.75) is 58.4 Å². The fourth-order valence-electron chi connectivity index (χ4n) is 4.50. The number of aromatic nitrogens is 1. The standard InChI is InChI=1S/C28H31FN2O/c1-20-8-10-23(11-9-20)18-24-13-15-26(30-19-24)27-6-4-16-31(27)28(32)7-3-5-22-12-14-25(29)21(2)17-22/h8-15,17,19,27H,3-7,16,18H2,1-2H3/t27-/m1/s1. The molecule has 0 N–H and O–H groups in total. The molecule has 0 spiro atoms. The van der Waals surface area contributed by atoms with Crippen LogP contribution in [0.25, 0.3) is 0 Å². The monoisotopic (exact) mass is 430 g/mol. The van der Waals surface area contributed by atoms with E-state index in [0.29, 0.717) is 12.0 Å². The molecule has 0 bridgehead atoms. The Morgan fingerprint density at radius 3 is 2.50 bits per heavy atom. The third-order valence-corrected chi connectivity index (χ3v) is 6.37. The molecule has 1 aliphatic rings. The number of pyridine rings is 1. The Balaban J connectivity index is 1.33. The van der Waals surface area contributed by atoms with Crippen LogP contribution < -0.4 is 0 Å². The second-order valence-corrected chi connectivity index (χ2v) is 8.94. The molecule has 3 nitrogen and oxygen atoms in total. The highest BCUT2D eigenvalue weighted by atomic mass is 19.1. The van der Waals surface area contributed by atoms with Crippen LogP contribution in [-0.4, -0.2) is 22.3 Å². The zero-order valence-electron chi connectivity index (χ0n) is 19.0. The fourth-order valence-corrected chi connectivity index (χ4v) is 4.50. The molecule has 32 heavy (non-hydrogen) atoms. The Morgan fingerprint density at radius 2 is 1.78 bits per heavy atom. The third-order valence-electron chi connectivity index (χ3n) is 6.37. The molecule has 2 heterocycles. The maximum absolute atomic E-state index is 13.4. The molecule has 166 valence electrons. The average molecular weight is 431 g/mol. The first-order valence-electron chi connectivity index (χ1n) is 11.5. The lowest BCUT2D eigenvalue weighted by molar-refractivity contribution is -0.132. The van der Waals surface area contributed by atoms with Crippen LogP contribution in [0, 0.1) is 19.7 Å². The number of nitrogens with zero attached hydrogens (tertiary/aromatic N) is 2. The second-order valence-electron chi connectivity index (χ2n) is 8.94. The van der Waals surface area contributed by atoms with Crippen LogP contribution in [0.4, 0.5) is 4.39 Å². The first-order chi connectivity index (χ1) is 15.5. The van der Waals surface area contributed by atoms with E-state index in [1.165, 1.54) is 22.8 Å². The topological polar surface area (TPSA) is 33.2 Å². The van der Waals surface area contributed by atoms with Gasteiger partial charge in [-0.15, -0.1) is 0 Å². The fraction of sp³-hybridized carbons (Fsp3) is 0.357. The van der Waals surface area contributed by atoms with Gasteiger partial charge in [0.05, 0.1) is 11.7 Å². The summed E-state index contributed by atoms with van der Waals surface area (Å²) in [6, 6.07) is 18.1. The maximum atomic E-state index is 13.4. The molecule has 3 aromatic rings. The van der Waals surface area contributed by atoms with Gasteiger partial charge in [-0.2, -0.15) is 0 Å². The predicted octanol–water partition coefficient (Wildman–Crippen LogP) is 6.11. The number of halogens is 1. The van der Waals surface area contributed by atoms with Crippen molar-refractivity contribution in [1.29, 1.82) is 0 Å². The average Bonchev–Trinajstić information content (AvgIpc) is 3.28. The first-order valence-corrected chi connectivity index (χ1v) is 11.5. The van der Waals surface area contributed by atoms with E-state index in [1.54, 1.807) is 6.92 Å². The summed E-state index contributed by atoms with van der Waals surface area (Å²) >= 11 is 0. The molecule has 1 amide bonds. The molecule has 4 rings (SSSR count). The molecule has 0 unspecified atom stereocenters. The minimum absolute atomic E-state index is 0.0731. The van der Waals surface area contributed by atoms with E-state index in [0.717, 1.165) is 49.9 Å². The Labute approximate surface area is 190 Å². The number of hydrogen-bond acceptors (Lipinski definition) is 2. The van der Waals surface area contributed by atoms with Crippen molar-refractivity contribution in [3.8, 4) is 0 Å². The van der Waals surface area contributed by atoms with Crippen molar-refractivity contribution < 1.29 is 9.18 Å². The summed E-state index contributed by atoms with van der Waals surface area (Å²) in [6.45, 7) is 4.67. The van der Waals surface area contributed by atoms with Gasteiger partial charge in [0.1, 0.15) is 5.82 Å². The maximum Gasteiger partial charge on any atom is 0.223 e. The molecule has 4 heteroatoms. The zero-order chi connectivity index (χ0) is 22.5. The first kappa shape index (κ1) is 22.2. The van der Waals surface area contributed by atoms with Crippen molar-refractivity contribution in [2.75, 3.05) is 6.54 Å². The molecule has 1 saturated heterocycles. The Morgan fingerprint density at radius 1 is 1.03 bits per heavy atom. The molecule has 1 fully saturated rings. The number of hydrogen-bond donors (Lipinski definition) is 0. The molecule has 0 aliphatic carbocycles. The number of likely N-dealkylation sites (tertiary alicyclic amines) is 1. The van der Waals surface area contributed by atoms with E-state index in [-0.39, 0.29) is 17.8 Å². The summed E-state index contributed by atoms with van der Waals surface area (Å²) < 4.78 is 13.4.